The van der Waals surface area contributed by atoms with Crippen LogP contribution in [0.3, 0.4) is 0 Å². The smallest absolute Gasteiger partial charge is 0.319 e. The Morgan fingerprint density at radius 2 is 1.73 bits per heavy atom. The van der Waals surface area contributed by atoms with Crippen LogP contribution in [-0.2, 0) is 19.4 Å². The number of carbonyl (C=O) groups excluding carboxylic acids is 1. The molecule has 0 radical (unpaired) electrons. The molecule has 0 saturated carbocycles. The Labute approximate surface area is 258 Å². The minimum atomic E-state index is -0.272. The van der Waals surface area contributed by atoms with E-state index >= 15 is 0 Å². The van der Waals surface area contributed by atoms with Crippen LogP contribution < -0.4 is 25.0 Å². The minimum absolute atomic E-state index is 0.0273. The summed E-state index contributed by atoms with van der Waals surface area (Å²) in [6.45, 7) is 4.55. The van der Waals surface area contributed by atoms with E-state index in [0.717, 1.165) is 35.6 Å². The van der Waals surface area contributed by atoms with E-state index in [-0.39, 0.29) is 17.9 Å². The number of aryl methyl sites for hydroxylation is 1. The lowest BCUT2D eigenvalue weighted by Gasteiger charge is -2.38. The van der Waals surface area contributed by atoms with E-state index in [9.17, 15) is 9.18 Å². The zero-order chi connectivity index (χ0) is 31.1. The molecule has 1 aliphatic rings. The van der Waals surface area contributed by atoms with Gasteiger partial charge in [-0.05, 0) is 72.4 Å². The number of anilines is 2. The van der Waals surface area contributed by atoms with Crippen LogP contribution in [0.4, 0.5) is 20.7 Å². The molecule has 1 unspecified atom stereocenters. The van der Waals surface area contributed by atoms with Gasteiger partial charge in [-0.3, -0.25) is 4.90 Å². The molecular weight excluding hydrogens is 557 g/mol. The molecule has 1 aliphatic heterocycles. The highest BCUT2D eigenvalue weighted by Crippen LogP contribution is 2.39. The second-order valence-corrected chi connectivity index (χ2v) is 11.1. The lowest BCUT2D eigenvalue weighted by atomic mass is 9.88. The number of carbonyl (C=O) groups is 1. The standard InChI is InChI=1S/C35H40FN5O3/c1-24-18-29(21-34(38-24)40(2)23-26-8-6-5-7-9-26)39-35(42)37-15-17-41-16-14-27-20-32(43-3)33(44-4)22-30(27)31(41)19-25-10-12-28(36)13-11-25/h5-13,18,20-22,31H,14-17,19,23H2,1-4H3,(H2,37,38,39,42). The van der Waals surface area contributed by atoms with E-state index < -0.39 is 0 Å². The molecule has 2 N–H and O–H groups in total. The van der Waals surface area contributed by atoms with Gasteiger partial charge in [0, 0.05) is 56.7 Å². The third-order valence-electron chi connectivity index (χ3n) is 7.99. The van der Waals surface area contributed by atoms with Crippen molar-refractivity contribution in [1.82, 2.24) is 15.2 Å². The number of aromatic nitrogens is 1. The molecule has 2 heterocycles. The number of rotatable bonds is 11. The molecule has 230 valence electrons. The average Bonchev–Trinajstić information content (AvgIpc) is 3.02. The van der Waals surface area contributed by atoms with Crippen LogP contribution in [0.2, 0.25) is 0 Å². The molecule has 0 bridgehead atoms. The largest absolute Gasteiger partial charge is 0.493 e. The lowest BCUT2D eigenvalue weighted by molar-refractivity contribution is 0.183. The van der Waals surface area contributed by atoms with E-state index in [2.05, 4.69) is 43.6 Å². The number of ether oxygens (including phenoxy) is 2. The van der Waals surface area contributed by atoms with Crippen LogP contribution in [0.5, 0.6) is 11.5 Å². The highest BCUT2D eigenvalue weighted by atomic mass is 19.1. The Morgan fingerprint density at radius 1 is 1.00 bits per heavy atom. The van der Waals surface area contributed by atoms with Gasteiger partial charge in [0.15, 0.2) is 11.5 Å². The van der Waals surface area contributed by atoms with Crippen molar-refractivity contribution < 1.29 is 18.7 Å². The summed E-state index contributed by atoms with van der Waals surface area (Å²) in [6, 6.07) is 24.5. The van der Waals surface area contributed by atoms with Gasteiger partial charge in [0.25, 0.3) is 0 Å². The van der Waals surface area contributed by atoms with Crippen LogP contribution >= 0.6 is 0 Å². The average molecular weight is 598 g/mol. The number of urea groups is 1. The minimum Gasteiger partial charge on any atom is -0.493 e. The molecule has 9 heteroatoms. The molecule has 4 aromatic rings. The molecule has 0 saturated heterocycles. The summed E-state index contributed by atoms with van der Waals surface area (Å²) in [5, 5.41) is 6.00. The highest BCUT2D eigenvalue weighted by Gasteiger charge is 2.29. The first kappa shape index (κ1) is 30.8. The molecule has 0 spiro atoms. The van der Waals surface area contributed by atoms with E-state index in [4.69, 9.17) is 9.47 Å². The van der Waals surface area contributed by atoms with Crippen molar-refractivity contribution in [1.29, 1.82) is 0 Å². The van der Waals surface area contributed by atoms with Crippen molar-refractivity contribution in [2.45, 2.75) is 32.4 Å². The van der Waals surface area contributed by atoms with E-state index in [0.29, 0.717) is 43.2 Å². The van der Waals surface area contributed by atoms with Gasteiger partial charge in [-0.1, -0.05) is 42.5 Å². The predicted molar refractivity (Wildman–Crippen MR) is 172 cm³/mol. The number of hydrogen-bond donors (Lipinski definition) is 2. The summed E-state index contributed by atoms with van der Waals surface area (Å²) in [4.78, 5) is 22.0. The molecule has 0 aliphatic carbocycles. The number of halogens is 1. The Morgan fingerprint density at radius 3 is 2.45 bits per heavy atom. The Hall–Kier alpha value is -4.63. The van der Waals surface area contributed by atoms with Gasteiger partial charge in [0.1, 0.15) is 11.6 Å². The summed E-state index contributed by atoms with van der Waals surface area (Å²) in [6.07, 6.45) is 1.54. The third kappa shape index (κ3) is 7.65. The number of fused-ring (bicyclic) bond motifs is 1. The van der Waals surface area contributed by atoms with Crippen LogP contribution in [0.25, 0.3) is 0 Å². The Bertz CT molecular complexity index is 1570. The molecule has 3 aromatic carbocycles. The van der Waals surface area contributed by atoms with Gasteiger partial charge in [0.2, 0.25) is 0 Å². The van der Waals surface area contributed by atoms with E-state index in [1.165, 1.54) is 23.3 Å². The van der Waals surface area contributed by atoms with Gasteiger partial charge >= 0.3 is 6.03 Å². The first-order valence-electron chi connectivity index (χ1n) is 14.8. The van der Waals surface area contributed by atoms with E-state index in [1.54, 1.807) is 14.2 Å². The first-order valence-corrected chi connectivity index (χ1v) is 14.8. The fourth-order valence-electron chi connectivity index (χ4n) is 5.78. The maximum atomic E-state index is 13.6. The summed E-state index contributed by atoms with van der Waals surface area (Å²) in [5.41, 5.74) is 6.09. The number of methoxy groups -OCH3 is 2. The molecule has 8 nitrogen and oxygen atoms in total. The van der Waals surface area contributed by atoms with Crippen molar-refractivity contribution >= 4 is 17.5 Å². The molecule has 0 fully saturated rings. The second kappa shape index (κ2) is 14.2. The molecule has 1 aromatic heterocycles. The van der Waals surface area contributed by atoms with Crippen LogP contribution in [-0.4, -0.2) is 56.8 Å². The lowest BCUT2D eigenvalue weighted by Crippen LogP contribution is -2.42. The van der Waals surface area contributed by atoms with Crippen molar-refractivity contribution in [2.75, 3.05) is 51.1 Å². The molecule has 44 heavy (non-hydrogen) atoms. The van der Waals surface area contributed by atoms with Crippen molar-refractivity contribution in [3.63, 3.8) is 0 Å². The van der Waals surface area contributed by atoms with Gasteiger partial charge in [0.05, 0.1) is 14.2 Å². The van der Waals surface area contributed by atoms with Gasteiger partial charge < -0.3 is 25.0 Å². The van der Waals surface area contributed by atoms with Crippen LogP contribution in [0.15, 0.2) is 78.9 Å². The zero-order valence-corrected chi connectivity index (χ0v) is 25.8. The molecular formula is C35H40FN5O3. The Kier molecular flexibility index (Phi) is 9.96. The molecule has 1 atom stereocenters. The molecule has 2 amide bonds. The summed E-state index contributed by atoms with van der Waals surface area (Å²) in [7, 11) is 5.27. The summed E-state index contributed by atoms with van der Waals surface area (Å²) in [5.74, 6) is 1.91. The fourth-order valence-corrected chi connectivity index (χ4v) is 5.78. The number of benzene rings is 3. The number of pyridine rings is 1. The fraction of sp³-hybridized carbons (Fsp3) is 0.314. The number of hydrogen-bond acceptors (Lipinski definition) is 6. The number of nitrogens with one attached hydrogen (secondary N) is 2. The Balaban J connectivity index is 1.24. The second-order valence-electron chi connectivity index (χ2n) is 11.1. The van der Waals surface area contributed by atoms with Crippen LogP contribution in [0, 0.1) is 12.7 Å². The number of nitrogens with zero attached hydrogens (tertiary/aromatic N) is 3. The molecule has 5 rings (SSSR count). The highest BCUT2D eigenvalue weighted by molar-refractivity contribution is 5.89. The van der Waals surface area contributed by atoms with Crippen molar-refractivity contribution in [2.24, 2.45) is 0 Å². The normalized spacial score (nSPS) is 14.4. The zero-order valence-electron chi connectivity index (χ0n) is 25.8. The maximum absolute atomic E-state index is 13.6. The summed E-state index contributed by atoms with van der Waals surface area (Å²) >= 11 is 0. The maximum Gasteiger partial charge on any atom is 0.319 e. The van der Waals surface area contributed by atoms with Gasteiger partial charge in [-0.2, -0.15) is 0 Å². The summed E-state index contributed by atoms with van der Waals surface area (Å²) < 4.78 is 24.8. The quantitative estimate of drug-likeness (QED) is 0.216. The van der Waals surface area contributed by atoms with Gasteiger partial charge in [-0.15, -0.1) is 0 Å². The van der Waals surface area contributed by atoms with Gasteiger partial charge in [-0.25, -0.2) is 14.2 Å². The topological polar surface area (TPSA) is 79.0 Å². The first-order chi connectivity index (χ1) is 21.3. The predicted octanol–water partition coefficient (Wildman–Crippen LogP) is 6.15. The number of amides is 2. The monoisotopic (exact) mass is 597 g/mol. The van der Waals surface area contributed by atoms with Crippen molar-refractivity contribution in [3.05, 3.63) is 113 Å². The third-order valence-corrected chi connectivity index (χ3v) is 7.99. The SMILES string of the molecule is COc1cc2c(cc1OC)C(Cc1ccc(F)cc1)N(CCNC(=O)Nc1cc(C)nc(N(C)Cc3ccccc3)c1)CC2. The van der Waals surface area contributed by atoms with Crippen LogP contribution in [0.1, 0.15) is 34.0 Å². The van der Waals surface area contributed by atoms with E-state index in [1.807, 2.05) is 62.5 Å². The van der Waals surface area contributed by atoms with Crippen molar-refractivity contribution in [3.8, 4) is 11.5 Å².